The van der Waals surface area contributed by atoms with Crippen LogP contribution in [0.25, 0.3) is 0 Å². The zero-order valence-electron chi connectivity index (χ0n) is 11.0. The Morgan fingerprint density at radius 3 is 2.52 bits per heavy atom. The maximum atomic E-state index is 13.8. The molecule has 0 aliphatic rings. The number of nitro benzene ring substituents is 1. The molecule has 2 N–H and O–H groups in total. The zero-order valence-corrected chi connectivity index (χ0v) is 11.0. The van der Waals surface area contributed by atoms with Crippen molar-refractivity contribution in [2.75, 3.05) is 5.32 Å². The molecule has 0 spiro atoms. The summed E-state index contributed by atoms with van der Waals surface area (Å²) in [5.74, 6) is -1.61. The van der Waals surface area contributed by atoms with Gasteiger partial charge in [0.15, 0.2) is 5.82 Å². The molecule has 0 bridgehead atoms. The summed E-state index contributed by atoms with van der Waals surface area (Å²) >= 11 is 0. The minimum atomic E-state index is -0.780. The van der Waals surface area contributed by atoms with Crippen LogP contribution in [0.5, 0.6) is 5.75 Å². The summed E-state index contributed by atoms with van der Waals surface area (Å²) in [6.07, 6.45) is 0. The van der Waals surface area contributed by atoms with E-state index < -0.39 is 22.6 Å². The van der Waals surface area contributed by atoms with E-state index in [1.165, 1.54) is 24.3 Å². The second kappa shape index (κ2) is 5.74. The Hall–Kier alpha value is -2.70. The van der Waals surface area contributed by atoms with Crippen LogP contribution >= 0.6 is 0 Å². The Balaban J connectivity index is 2.23. The lowest BCUT2D eigenvalue weighted by molar-refractivity contribution is -0.385. The molecule has 0 saturated carbocycles. The summed E-state index contributed by atoms with van der Waals surface area (Å²) in [5.41, 5.74) is 0.0845. The lowest BCUT2D eigenvalue weighted by Gasteiger charge is -2.17. The van der Waals surface area contributed by atoms with Crippen LogP contribution in [0.1, 0.15) is 18.5 Å². The number of hydrogen-bond acceptors (Lipinski definition) is 4. The third kappa shape index (κ3) is 3.25. The average molecular weight is 294 g/mol. The number of anilines is 1. The van der Waals surface area contributed by atoms with Crippen LogP contribution in [0.2, 0.25) is 0 Å². The maximum Gasteiger partial charge on any atom is 0.272 e. The molecule has 1 atom stereocenters. The van der Waals surface area contributed by atoms with Crippen molar-refractivity contribution in [3.63, 3.8) is 0 Å². The Morgan fingerprint density at radius 1 is 1.24 bits per heavy atom. The van der Waals surface area contributed by atoms with Gasteiger partial charge in [-0.1, -0.05) is 6.07 Å². The first kappa shape index (κ1) is 14.7. The fourth-order valence-electron chi connectivity index (χ4n) is 1.93. The van der Waals surface area contributed by atoms with Crippen molar-refractivity contribution in [1.29, 1.82) is 0 Å². The van der Waals surface area contributed by atoms with Gasteiger partial charge in [0, 0.05) is 17.7 Å². The lowest BCUT2D eigenvalue weighted by Crippen LogP contribution is -2.08. The first-order valence-electron chi connectivity index (χ1n) is 6.07. The molecule has 0 aliphatic carbocycles. The van der Waals surface area contributed by atoms with Gasteiger partial charge in [-0.25, -0.2) is 8.78 Å². The summed E-state index contributed by atoms with van der Waals surface area (Å²) in [5, 5.41) is 23.0. The minimum Gasteiger partial charge on any atom is -0.507 e. The minimum absolute atomic E-state index is 0.0526. The SMILES string of the molecule is CC(Nc1ccc([N+](=O)[O-])cc1F)c1ccc(F)cc1O. The molecule has 0 saturated heterocycles. The molecule has 5 nitrogen and oxygen atoms in total. The van der Waals surface area contributed by atoms with Crippen molar-refractivity contribution in [2.45, 2.75) is 13.0 Å². The van der Waals surface area contributed by atoms with Gasteiger partial charge in [0.2, 0.25) is 0 Å². The number of nitrogens with zero attached hydrogens (tertiary/aromatic N) is 1. The van der Waals surface area contributed by atoms with Crippen LogP contribution in [0, 0.1) is 21.7 Å². The molecule has 0 amide bonds. The molecule has 0 radical (unpaired) electrons. The summed E-state index contributed by atoms with van der Waals surface area (Å²) in [7, 11) is 0. The predicted molar refractivity (Wildman–Crippen MR) is 73.2 cm³/mol. The van der Waals surface area contributed by atoms with E-state index in [0.717, 1.165) is 12.1 Å². The van der Waals surface area contributed by atoms with Crippen LogP contribution < -0.4 is 5.32 Å². The van der Waals surface area contributed by atoms with Crippen molar-refractivity contribution in [2.24, 2.45) is 0 Å². The average Bonchev–Trinajstić information content (AvgIpc) is 2.40. The highest BCUT2D eigenvalue weighted by atomic mass is 19.1. The van der Waals surface area contributed by atoms with Gasteiger partial charge in [0.1, 0.15) is 11.6 Å². The number of benzene rings is 2. The highest BCUT2D eigenvalue weighted by Crippen LogP contribution is 2.29. The van der Waals surface area contributed by atoms with Gasteiger partial charge in [-0.3, -0.25) is 10.1 Å². The van der Waals surface area contributed by atoms with Crippen molar-refractivity contribution >= 4 is 11.4 Å². The second-order valence-corrected chi connectivity index (χ2v) is 4.49. The van der Waals surface area contributed by atoms with E-state index in [2.05, 4.69) is 5.32 Å². The van der Waals surface area contributed by atoms with E-state index in [1.54, 1.807) is 6.92 Å². The molecule has 0 aromatic heterocycles. The molecule has 110 valence electrons. The zero-order chi connectivity index (χ0) is 15.6. The summed E-state index contributed by atoms with van der Waals surface area (Å²) in [4.78, 5) is 9.84. The number of phenolic OH excluding ortho intramolecular Hbond substituents is 1. The van der Waals surface area contributed by atoms with Crippen LogP contribution in [-0.4, -0.2) is 10.0 Å². The molecule has 0 aliphatic heterocycles. The largest absolute Gasteiger partial charge is 0.507 e. The smallest absolute Gasteiger partial charge is 0.272 e. The van der Waals surface area contributed by atoms with E-state index >= 15 is 0 Å². The summed E-state index contributed by atoms with van der Waals surface area (Å²) < 4.78 is 26.7. The molecule has 2 aromatic rings. The van der Waals surface area contributed by atoms with Crippen LogP contribution in [0.3, 0.4) is 0 Å². The fraction of sp³-hybridized carbons (Fsp3) is 0.143. The number of rotatable bonds is 4. The van der Waals surface area contributed by atoms with Crippen molar-refractivity contribution in [3.8, 4) is 5.75 Å². The van der Waals surface area contributed by atoms with Crippen molar-refractivity contribution in [1.82, 2.24) is 0 Å². The molecule has 2 aromatic carbocycles. The Bertz CT molecular complexity index is 692. The molecular formula is C14H12F2N2O3. The Morgan fingerprint density at radius 2 is 1.95 bits per heavy atom. The number of hydrogen-bond donors (Lipinski definition) is 2. The predicted octanol–water partition coefficient (Wildman–Crippen LogP) is 3.75. The molecular weight excluding hydrogens is 282 g/mol. The van der Waals surface area contributed by atoms with Gasteiger partial charge < -0.3 is 10.4 Å². The molecule has 7 heteroatoms. The Labute approximate surface area is 119 Å². The van der Waals surface area contributed by atoms with Crippen LogP contribution in [0.4, 0.5) is 20.2 Å². The van der Waals surface area contributed by atoms with Gasteiger partial charge >= 0.3 is 0 Å². The molecule has 1 unspecified atom stereocenters. The topological polar surface area (TPSA) is 75.4 Å². The number of halogens is 2. The van der Waals surface area contributed by atoms with Crippen LogP contribution in [-0.2, 0) is 0 Å². The van der Waals surface area contributed by atoms with Crippen molar-refractivity contribution < 1.29 is 18.8 Å². The van der Waals surface area contributed by atoms with E-state index in [1.807, 2.05) is 0 Å². The first-order chi connectivity index (χ1) is 9.88. The summed E-state index contributed by atoms with van der Waals surface area (Å²) in [6.45, 7) is 1.65. The monoisotopic (exact) mass is 294 g/mol. The second-order valence-electron chi connectivity index (χ2n) is 4.49. The highest BCUT2D eigenvalue weighted by molar-refractivity contribution is 5.52. The van der Waals surface area contributed by atoms with Gasteiger partial charge in [0.05, 0.1) is 22.7 Å². The quantitative estimate of drug-likeness (QED) is 0.665. The molecule has 2 rings (SSSR count). The van der Waals surface area contributed by atoms with Crippen molar-refractivity contribution in [3.05, 3.63) is 63.7 Å². The van der Waals surface area contributed by atoms with Gasteiger partial charge in [-0.15, -0.1) is 0 Å². The van der Waals surface area contributed by atoms with Gasteiger partial charge in [-0.2, -0.15) is 0 Å². The normalized spacial score (nSPS) is 12.0. The third-order valence-corrected chi connectivity index (χ3v) is 2.99. The van der Waals surface area contributed by atoms with E-state index in [4.69, 9.17) is 0 Å². The number of nitro groups is 1. The molecule has 0 heterocycles. The number of aromatic hydroxyl groups is 1. The first-order valence-corrected chi connectivity index (χ1v) is 6.07. The van der Waals surface area contributed by atoms with E-state index in [9.17, 15) is 24.0 Å². The lowest BCUT2D eigenvalue weighted by atomic mass is 10.1. The standard InChI is InChI=1S/C14H12F2N2O3/c1-8(11-4-2-9(15)6-14(11)19)17-13-5-3-10(18(20)21)7-12(13)16/h2-8,17,19H,1H3. The number of phenols is 1. The number of non-ortho nitro benzene ring substituents is 1. The number of nitrogens with one attached hydrogen (secondary N) is 1. The van der Waals surface area contributed by atoms with E-state index in [0.29, 0.717) is 5.56 Å². The third-order valence-electron chi connectivity index (χ3n) is 2.99. The van der Waals surface area contributed by atoms with Gasteiger partial charge in [0.25, 0.3) is 5.69 Å². The molecule has 21 heavy (non-hydrogen) atoms. The van der Waals surface area contributed by atoms with Crippen LogP contribution in [0.15, 0.2) is 36.4 Å². The van der Waals surface area contributed by atoms with E-state index in [-0.39, 0.29) is 17.1 Å². The fourth-order valence-corrected chi connectivity index (χ4v) is 1.93. The summed E-state index contributed by atoms with van der Waals surface area (Å²) in [6, 6.07) is 6.22. The maximum absolute atomic E-state index is 13.8. The van der Waals surface area contributed by atoms with Gasteiger partial charge in [-0.05, 0) is 19.1 Å². The Kier molecular flexibility index (Phi) is 4.02. The molecule has 0 fully saturated rings. The highest BCUT2D eigenvalue weighted by Gasteiger charge is 2.15.